The molecule has 0 atom stereocenters. The number of anilines is 1. The van der Waals surface area contributed by atoms with Gasteiger partial charge in [-0.1, -0.05) is 0 Å². The average molecular weight is 354 g/mol. The summed E-state index contributed by atoms with van der Waals surface area (Å²) in [6.07, 6.45) is -0.241. The number of nitrogens with two attached hydrogens (primary N) is 2. The molecule has 0 aliphatic carbocycles. The Morgan fingerprint density at radius 1 is 1.33 bits per heavy atom. The second-order valence-electron chi connectivity index (χ2n) is 5.86. The SMILES string of the molecule is CC(C)(C)OC(N)=O.NNC(=O)c1ccc2c(c1)NC(=O)CCS2. The Kier molecular flexibility index (Phi) is 7.05. The van der Waals surface area contributed by atoms with Crippen molar-refractivity contribution in [3.05, 3.63) is 23.8 Å². The minimum absolute atomic E-state index is 0.0310. The fourth-order valence-corrected chi connectivity index (χ4v) is 2.68. The first-order chi connectivity index (χ1) is 11.1. The van der Waals surface area contributed by atoms with Crippen LogP contribution < -0.4 is 22.3 Å². The van der Waals surface area contributed by atoms with Gasteiger partial charge in [0, 0.05) is 22.6 Å². The van der Waals surface area contributed by atoms with Crippen molar-refractivity contribution in [3.8, 4) is 0 Å². The van der Waals surface area contributed by atoms with Crippen molar-refractivity contribution in [3.63, 3.8) is 0 Å². The van der Waals surface area contributed by atoms with Crippen molar-refractivity contribution < 1.29 is 19.1 Å². The van der Waals surface area contributed by atoms with Crippen molar-refractivity contribution in [1.82, 2.24) is 5.43 Å². The minimum Gasteiger partial charge on any atom is -0.444 e. The summed E-state index contributed by atoms with van der Waals surface area (Å²) >= 11 is 1.60. The van der Waals surface area contributed by atoms with Crippen LogP contribution in [0, 0.1) is 0 Å². The van der Waals surface area contributed by atoms with Gasteiger partial charge in [0.15, 0.2) is 0 Å². The number of carbonyl (C=O) groups excluding carboxylic acids is 3. The molecule has 0 unspecified atom stereocenters. The van der Waals surface area contributed by atoms with Crippen molar-refractivity contribution in [1.29, 1.82) is 0 Å². The summed E-state index contributed by atoms with van der Waals surface area (Å²) in [5, 5.41) is 2.76. The highest BCUT2D eigenvalue weighted by Crippen LogP contribution is 2.31. The van der Waals surface area contributed by atoms with E-state index in [2.05, 4.69) is 15.5 Å². The van der Waals surface area contributed by atoms with E-state index in [4.69, 9.17) is 11.6 Å². The molecule has 0 aromatic heterocycles. The minimum atomic E-state index is -0.725. The number of thioether (sulfide) groups is 1. The zero-order valence-corrected chi connectivity index (χ0v) is 14.7. The highest BCUT2D eigenvalue weighted by atomic mass is 32.2. The Balaban J connectivity index is 0.000000307. The summed E-state index contributed by atoms with van der Waals surface area (Å²) in [7, 11) is 0. The van der Waals surface area contributed by atoms with E-state index in [9.17, 15) is 14.4 Å². The zero-order chi connectivity index (χ0) is 18.3. The number of nitrogen functional groups attached to an aromatic ring is 1. The molecule has 0 saturated heterocycles. The molecule has 1 heterocycles. The highest BCUT2D eigenvalue weighted by Gasteiger charge is 2.15. The van der Waals surface area contributed by atoms with E-state index in [0.717, 1.165) is 10.6 Å². The Bertz CT molecular complexity index is 628. The molecular formula is C15H22N4O4S. The summed E-state index contributed by atoms with van der Waals surface area (Å²) < 4.78 is 4.58. The number of hydrazine groups is 1. The van der Waals surface area contributed by atoms with Crippen LogP contribution in [0.4, 0.5) is 10.5 Å². The second kappa shape index (κ2) is 8.55. The third-order valence-corrected chi connectivity index (χ3v) is 3.72. The van der Waals surface area contributed by atoms with Crippen LogP contribution >= 0.6 is 11.8 Å². The van der Waals surface area contributed by atoms with Gasteiger partial charge < -0.3 is 15.8 Å². The van der Waals surface area contributed by atoms with Crippen LogP contribution in [0.2, 0.25) is 0 Å². The predicted octanol–water partition coefficient (Wildman–Crippen LogP) is 1.60. The molecule has 2 rings (SSSR count). The van der Waals surface area contributed by atoms with E-state index >= 15 is 0 Å². The number of carbonyl (C=O) groups is 3. The van der Waals surface area contributed by atoms with Crippen LogP contribution in [0.3, 0.4) is 0 Å². The molecule has 9 heteroatoms. The maximum absolute atomic E-state index is 11.3. The van der Waals surface area contributed by atoms with Crippen LogP contribution in [0.15, 0.2) is 23.1 Å². The van der Waals surface area contributed by atoms with Gasteiger partial charge in [0.2, 0.25) is 5.91 Å². The number of fused-ring (bicyclic) bond motifs is 1. The number of rotatable bonds is 1. The summed E-state index contributed by atoms with van der Waals surface area (Å²) in [5.41, 5.74) is 7.43. The monoisotopic (exact) mass is 354 g/mol. The number of primary amides is 1. The van der Waals surface area contributed by atoms with Crippen LogP contribution in [0.5, 0.6) is 0 Å². The molecule has 0 saturated carbocycles. The summed E-state index contributed by atoms with van der Waals surface area (Å²) in [6, 6.07) is 5.13. The highest BCUT2D eigenvalue weighted by molar-refractivity contribution is 7.99. The molecule has 1 aliphatic heterocycles. The summed E-state index contributed by atoms with van der Waals surface area (Å²) in [6.45, 7) is 5.28. The number of hydrogen-bond acceptors (Lipinski definition) is 6. The van der Waals surface area contributed by atoms with E-state index in [1.807, 2.05) is 6.07 Å². The number of nitrogens with one attached hydrogen (secondary N) is 2. The lowest BCUT2D eigenvalue weighted by molar-refractivity contribution is -0.115. The molecule has 8 nitrogen and oxygen atoms in total. The Morgan fingerprint density at radius 3 is 2.50 bits per heavy atom. The number of amides is 3. The van der Waals surface area contributed by atoms with E-state index in [0.29, 0.717) is 17.7 Å². The number of ether oxygens (including phenoxy) is 1. The number of benzene rings is 1. The van der Waals surface area contributed by atoms with Gasteiger partial charge in [-0.15, -0.1) is 11.8 Å². The summed E-state index contributed by atoms with van der Waals surface area (Å²) in [4.78, 5) is 33.6. The van der Waals surface area contributed by atoms with Gasteiger partial charge in [0.05, 0.1) is 5.69 Å². The summed E-state index contributed by atoms with van der Waals surface area (Å²) in [5.74, 6) is 5.40. The predicted molar refractivity (Wildman–Crippen MR) is 92.5 cm³/mol. The average Bonchev–Trinajstić information content (AvgIpc) is 2.64. The van der Waals surface area contributed by atoms with Gasteiger partial charge >= 0.3 is 6.09 Å². The van der Waals surface area contributed by atoms with Gasteiger partial charge in [0.25, 0.3) is 5.91 Å². The van der Waals surface area contributed by atoms with Crippen molar-refractivity contribution in [2.24, 2.45) is 11.6 Å². The van der Waals surface area contributed by atoms with Crippen LogP contribution in [-0.2, 0) is 9.53 Å². The maximum Gasteiger partial charge on any atom is 0.405 e. The molecule has 6 N–H and O–H groups in total. The molecular weight excluding hydrogens is 332 g/mol. The van der Waals surface area contributed by atoms with Crippen molar-refractivity contribution >= 4 is 35.4 Å². The van der Waals surface area contributed by atoms with Crippen molar-refractivity contribution in [2.45, 2.75) is 37.7 Å². The lowest BCUT2D eigenvalue weighted by atomic mass is 10.2. The lowest BCUT2D eigenvalue weighted by Gasteiger charge is -2.16. The van der Waals surface area contributed by atoms with Gasteiger partial charge in [-0.2, -0.15) is 0 Å². The molecule has 1 aromatic rings. The largest absolute Gasteiger partial charge is 0.444 e. The van der Waals surface area contributed by atoms with Crippen LogP contribution in [-0.4, -0.2) is 29.3 Å². The molecule has 24 heavy (non-hydrogen) atoms. The first kappa shape index (κ1) is 19.8. The lowest BCUT2D eigenvalue weighted by Crippen LogP contribution is -2.30. The Morgan fingerprint density at radius 2 is 2.00 bits per heavy atom. The van der Waals surface area contributed by atoms with Gasteiger partial charge in [-0.25, -0.2) is 10.6 Å². The third kappa shape index (κ3) is 6.88. The number of hydrogen-bond donors (Lipinski definition) is 4. The quantitative estimate of drug-likeness (QED) is 0.343. The van der Waals surface area contributed by atoms with E-state index < -0.39 is 11.7 Å². The Labute approximate surface area is 144 Å². The van der Waals surface area contributed by atoms with Gasteiger partial charge in [0.1, 0.15) is 5.60 Å². The third-order valence-electron chi connectivity index (χ3n) is 2.64. The maximum atomic E-state index is 11.3. The Hall–Kier alpha value is -2.26. The fraction of sp³-hybridized carbons (Fsp3) is 0.400. The van der Waals surface area contributed by atoms with Crippen LogP contribution in [0.25, 0.3) is 0 Å². The standard InChI is InChI=1S/C10H11N3O2S.C5H11NO2/c11-13-10(15)6-1-2-8-7(5-6)12-9(14)3-4-16-8;1-5(2,3)8-4(6)7/h1-2,5H,3-4,11H2,(H,12,14)(H,13,15);1-3H3,(H2,6,7). The first-order valence-electron chi connectivity index (χ1n) is 7.18. The molecule has 1 aromatic carbocycles. The van der Waals surface area contributed by atoms with Gasteiger partial charge in [-0.05, 0) is 39.0 Å². The zero-order valence-electron chi connectivity index (χ0n) is 13.8. The van der Waals surface area contributed by atoms with E-state index in [-0.39, 0.29) is 11.8 Å². The molecule has 0 radical (unpaired) electrons. The van der Waals surface area contributed by atoms with E-state index in [1.165, 1.54) is 0 Å². The smallest absolute Gasteiger partial charge is 0.405 e. The molecule has 0 spiro atoms. The molecule has 0 bridgehead atoms. The molecule has 1 aliphatic rings. The van der Waals surface area contributed by atoms with Gasteiger partial charge in [-0.3, -0.25) is 15.0 Å². The molecule has 3 amide bonds. The molecule has 132 valence electrons. The topological polar surface area (TPSA) is 137 Å². The van der Waals surface area contributed by atoms with Crippen molar-refractivity contribution in [2.75, 3.05) is 11.1 Å². The first-order valence-corrected chi connectivity index (χ1v) is 8.17. The second-order valence-corrected chi connectivity index (χ2v) is 7.00. The normalized spacial score (nSPS) is 13.4. The fourth-order valence-electron chi connectivity index (χ4n) is 1.75. The molecule has 0 fully saturated rings. The van der Waals surface area contributed by atoms with E-state index in [1.54, 1.807) is 44.7 Å². The van der Waals surface area contributed by atoms with Crippen LogP contribution in [0.1, 0.15) is 37.6 Å².